The zero-order valence-corrected chi connectivity index (χ0v) is 14.2. The van der Waals surface area contributed by atoms with Gasteiger partial charge in [-0.2, -0.15) is 0 Å². The first-order valence-electron chi connectivity index (χ1n) is 8.24. The molecule has 1 saturated heterocycles. The zero-order chi connectivity index (χ0) is 16.0. The van der Waals surface area contributed by atoms with Crippen LogP contribution in [0.2, 0.25) is 0 Å². The Labute approximate surface area is 129 Å². The molecule has 0 saturated carbocycles. The summed E-state index contributed by atoms with van der Waals surface area (Å²) in [5, 5.41) is 3.50. The molecule has 2 amide bonds. The quantitative estimate of drug-likeness (QED) is 0.808. The van der Waals surface area contributed by atoms with E-state index >= 15 is 0 Å². The number of likely N-dealkylation sites (tertiary alicyclic amines) is 1. The Hall–Kier alpha value is -1.10. The lowest BCUT2D eigenvalue weighted by molar-refractivity contribution is -0.134. The molecule has 1 aliphatic rings. The highest BCUT2D eigenvalue weighted by molar-refractivity contribution is 5.81. The minimum atomic E-state index is -0.159. The van der Waals surface area contributed by atoms with E-state index in [9.17, 15) is 9.59 Å². The van der Waals surface area contributed by atoms with Gasteiger partial charge in [-0.25, -0.2) is 0 Å². The van der Waals surface area contributed by atoms with E-state index in [0.29, 0.717) is 12.0 Å². The third kappa shape index (κ3) is 4.70. The second-order valence-electron chi connectivity index (χ2n) is 5.93. The van der Waals surface area contributed by atoms with Crippen LogP contribution in [0.15, 0.2) is 0 Å². The lowest BCUT2D eigenvalue weighted by Gasteiger charge is -2.39. The van der Waals surface area contributed by atoms with Crippen LogP contribution in [-0.4, -0.2) is 59.9 Å². The van der Waals surface area contributed by atoms with Crippen LogP contribution in [-0.2, 0) is 9.59 Å². The van der Waals surface area contributed by atoms with Gasteiger partial charge >= 0.3 is 0 Å². The molecule has 0 radical (unpaired) electrons. The van der Waals surface area contributed by atoms with Crippen LogP contribution in [0.5, 0.6) is 0 Å². The van der Waals surface area contributed by atoms with Gasteiger partial charge in [0.15, 0.2) is 0 Å². The summed E-state index contributed by atoms with van der Waals surface area (Å²) in [5.41, 5.74) is 0. The summed E-state index contributed by atoms with van der Waals surface area (Å²) in [7, 11) is 0. The molecule has 3 atom stereocenters. The van der Waals surface area contributed by atoms with Crippen molar-refractivity contribution < 1.29 is 9.59 Å². The molecule has 1 heterocycles. The Kier molecular flexibility index (Phi) is 7.15. The number of hydrogen-bond donors (Lipinski definition) is 1. The molecule has 1 N–H and O–H groups in total. The fourth-order valence-corrected chi connectivity index (χ4v) is 3.15. The Morgan fingerprint density at radius 3 is 2.38 bits per heavy atom. The van der Waals surface area contributed by atoms with E-state index in [1.807, 2.05) is 30.6 Å². The molecule has 0 aromatic rings. The van der Waals surface area contributed by atoms with Crippen LogP contribution < -0.4 is 5.32 Å². The fraction of sp³-hybridized carbons (Fsp3) is 0.875. The first-order valence-corrected chi connectivity index (χ1v) is 8.24. The van der Waals surface area contributed by atoms with Crippen LogP contribution in [0.4, 0.5) is 0 Å². The molecule has 1 fully saturated rings. The second kappa shape index (κ2) is 8.37. The number of nitrogens with one attached hydrogen (secondary N) is 1. The minimum Gasteiger partial charge on any atom is -0.343 e. The number of carbonyl (C=O) groups is 2. The number of piperidine rings is 1. The molecule has 0 aromatic carbocycles. The van der Waals surface area contributed by atoms with Gasteiger partial charge in [0.2, 0.25) is 11.8 Å². The van der Waals surface area contributed by atoms with Gasteiger partial charge in [0.1, 0.15) is 0 Å². The monoisotopic (exact) mass is 297 g/mol. The van der Waals surface area contributed by atoms with Crippen molar-refractivity contribution in [2.24, 2.45) is 5.92 Å². The van der Waals surface area contributed by atoms with Gasteiger partial charge in [-0.15, -0.1) is 0 Å². The van der Waals surface area contributed by atoms with Crippen LogP contribution in [0.25, 0.3) is 0 Å². The maximum Gasteiger partial charge on any atom is 0.239 e. The Bertz CT molecular complexity index is 355. The summed E-state index contributed by atoms with van der Waals surface area (Å²) < 4.78 is 0. The lowest BCUT2D eigenvalue weighted by atomic mass is 9.89. The first kappa shape index (κ1) is 18.0. The standard InChI is InChI=1S/C16H31N3O2/c1-6-14-11-19(13(5)20)10-9-15(14)17-12(4)16(21)18(7-2)8-3/h12,14-15,17H,6-11H2,1-5H3/t12-,14-,15+/m1/s1. The van der Waals surface area contributed by atoms with Crippen molar-refractivity contribution in [3.63, 3.8) is 0 Å². The molecule has 0 spiro atoms. The summed E-state index contributed by atoms with van der Waals surface area (Å²) in [6, 6.07) is 0.160. The van der Waals surface area contributed by atoms with Crippen LogP contribution in [0.1, 0.15) is 47.5 Å². The number of nitrogens with zero attached hydrogens (tertiary/aromatic N) is 2. The van der Waals surface area contributed by atoms with Gasteiger partial charge in [-0.1, -0.05) is 13.3 Å². The van der Waals surface area contributed by atoms with E-state index in [2.05, 4.69) is 12.2 Å². The van der Waals surface area contributed by atoms with Gasteiger partial charge < -0.3 is 15.1 Å². The topological polar surface area (TPSA) is 52.7 Å². The Morgan fingerprint density at radius 1 is 1.29 bits per heavy atom. The molecule has 1 aliphatic heterocycles. The van der Waals surface area contributed by atoms with Crippen LogP contribution in [0.3, 0.4) is 0 Å². The van der Waals surface area contributed by atoms with Crippen LogP contribution in [0, 0.1) is 5.92 Å². The lowest BCUT2D eigenvalue weighted by Crippen LogP contribution is -2.55. The predicted octanol–water partition coefficient (Wildman–Crippen LogP) is 1.48. The number of amides is 2. The van der Waals surface area contributed by atoms with E-state index < -0.39 is 0 Å². The van der Waals surface area contributed by atoms with E-state index in [1.165, 1.54) is 0 Å². The van der Waals surface area contributed by atoms with Gasteiger partial charge in [-0.3, -0.25) is 9.59 Å². The molecule has 5 heteroatoms. The average Bonchev–Trinajstić information content (AvgIpc) is 2.48. The molecule has 0 aliphatic carbocycles. The summed E-state index contributed by atoms with van der Waals surface area (Å²) in [4.78, 5) is 27.6. The molecule has 0 aromatic heterocycles. The largest absolute Gasteiger partial charge is 0.343 e. The van der Waals surface area contributed by atoms with Crippen molar-refractivity contribution >= 4 is 11.8 Å². The maximum absolute atomic E-state index is 12.3. The SMILES string of the molecule is CC[C@@H]1CN(C(C)=O)CC[C@@H]1N[C@H](C)C(=O)N(CC)CC. The van der Waals surface area contributed by atoms with Crippen molar-refractivity contribution in [1.29, 1.82) is 0 Å². The first-order chi connectivity index (χ1) is 9.94. The normalized spacial score (nSPS) is 23.8. The van der Waals surface area contributed by atoms with Crippen molar-refractivity contribution in [2.45, 2.75) is 59.5 Å². The maximum atomic E-state index is 12.3. The van der Waals surface area contributed by atoms with Gasteiger partial charge in [0, 0.05) is 39.1 Å². The summed E-state index contributed by atoms with van der Waals surface area (Å²) in [6.07, 6.45) is 1.95. The molecule has 0 bridgehead atoms. The van der Waals surface area contributed by atoms with Crippen molar-refractivity contribution in [1.82, 2.24) is 15.1 Å². The predicted molar refractivity (Wildman–Crippen MR) is 85.0 cm³/mol. The summed E-state index contributed by atoms with van der Waals surface area (Å²) in [6.45, 7) is 12.8. The molecule has 0 unspecified atom stereocenters. The molecule has 122 valence electrons. The molecular formula is C16H31N3O2. The van der Waals surface area contributed by atoms with Crippen LogP contribution >= 0.6 is 0 Å². The third-order valence-electron chi connectivity index (χ3n) is 4.61. The Morgan fingerprint density at radius 2 is 1.90 bits per heavy atom. The van der Waals surface area contributed by atoms with E-state index in [1.54, 1.807) is 6.92 Å². The highest BCUT2D eigenvalue weighted by atomic mass is 16.2. The number of likely N-dealkylation sites (N-methyl/N-ethyl adjacent to an activating group) is 1. The molecular weight excluding hydrogens is 266 g/mol. The highest BCUT2D eigenvalue weighted by Gasteiger charge is 2.31. The smallest absolute Gasteiger partial charge is 0.239 e. The van der Waals surface area contributed by atoms with E-state index in [0.717, 1.165) is 39.0 Å². The van der Waals surface area contributed by atoms with Gasteiger partial charge in [-0.05, 0) is 33.1 Å². The van der Waals surface area contributed by atoms with Gasteiger partial charge in [0.25, 0.3) is 0 Å². The number of hydrogen-bond acceptors (Lipinski definition) is 3. The fourth-order valence-electron chi connectivity index (χ4n) is 3.15. The summed E-state index contributed by atoms with van der Waals surface area (Å²) >= 11 is 0. The van der Waals surface area contributed by atoms with Gasteiger partial charge in [0.05, 0.1) is 6.04 Å². The van der Waals surface area contributed by atoms with Crippen molar-refractivity contribution in [2.75, 3.05) is 26.2 Å². The number of carbonyl (C=O) groups excluding carboxylic acids is 2. The highest BCUT2D eigenvalue weighted by Crippen LogP contribution is 2.21. The summed E-state index contributed by atoms with van der Waals surface area (Å²) in [5.74, 6) is 0.748. The van der Waals surface area contributed by atoms with Crippen molar-refractivity contribution in [3.8, 4) is 0 Å². The molecule has 1 rings (SSSR count). The third-order valence-corrected chi connectivity index (χ3v) is 4.61. The molecule has 21 heavy (non-hydrogen) atoms. The minimum absolute atomic E-state index is 0.152. The zero-order valence-electron chi connectivity index (χ0n) is 14.2. The molecule has 5 nitrogen and oxygen atoms in total. The number of rotatable bonds is 6. The van der Waals surface area contributed by atoms with E-state index in [-0.39, 0.29) is 17.9 Å². The Balaban J connectivity index is 2.61. The van der Waals surface area contributed by atoms with Crippen molar-refractivity contribution in [3.05, 3.63) is 0 Å². The second-order valence-corrected chi connectivity index (χ2v) is 5.93. The average molecular weight is 297 g/mol. The van der Waals surface area contributed by atoms with E-state index in [4.69, 9.17) is 0 Å².